The third-order valence-electron chi connectivity index (χ3n) is 5.35. The highest BCUT2D eigenvalue weighted by molar-refractivity contribution is 6.09. The van der Waals surface area contributed by atoms with Crippen molar-refractivity contribution in [1.29, 1.82) is 0 Å². The Bertz CT molecular complexity index is 1230. The molecule has 0 aliphatic carbocycles. The van der Waals surface area contributed by atoms with Crippen LogP contribution < -0.4 is 19.9 Å². The van der Waals surface area contributed by atoms with Crippen molar-refractivity contribution in [3.8, 4) is 5.75 Å². The molecule has 30 heavy (non-hydrogen) atoms. The van der Waals surface area contributed by atoms with E-state index in [0.29, 0.717) is 35.9 Å². The first kappa shape index (κ1) is 18.4. The van der Waals surface area contributed by atoms with Gasteiger partial charge in [0, 0.05) is 47.7 Å². The molecule has 4 aromatic rings. The van der Waals surface area contributed by atoms with Crippen LogP contribution in [0.2, 0.25) is 0 Å². The molecule has 2 aromatic heterocycles. The van der Waals surface area contributed by atoms with Gasteiger partial charge >= 0.3 is 5.91 Å². The zero-order chi connectivity index (χ0) is 20.5. The van der Waals surface area contributed by atoms with Crippen LogP contribution in [0, 0.1) is 0 Å². The number of para-hydroxylation sites is 1. The summed E-state index contributed by atoms with van der Waals surface area (Å²) in [7, 11) is 1.59. The molecule has 0 saturated carbocycles. The lowest BCUT2D eigenvalue weighted by Crippen LogP contribution is -2.36. The normalized spacial score (nSPS) is 14.2. The van der Waals surface area contributed by atoms with Gasteiger partial charge in [-0.1, -0.05) is 18.2 Å². The lowest BCUT2D eigenvalue weighted by molar-refractivity contribution is -0.381. The number of carbonyl (C=O) groups is 1. The smallest absolute Gasteiger partial charge is 0.320 e. The number of furan rings is 1. The number of pyridine rings is 1. The third kappa shape index (κ3) is 3.33. The van der Waals surface area contributed by atoms with E-state index in [9.17, 15) is 4.79 Å². The molecule has 1 amide bonds. The molecule has 0 spiro atoms. The number of H-pyrrole nitrogens is 1. The second-order valence-electron chi connectivity index (χ2n) is 7.16. The number of ether oxygens (including phenoxy) is 2. The summed E-state index contributed by atoms with van der Waals surface area (Å²) in [6, 6.07) is 15.3. The Labute approximate surface area is 173 Å². The molecule has 5 rings (SSSR count). The fraction of sp³-hybridized carbons (Fsp3) is 0.217. The molecular formula is C23H22N3O4+. The predicted molar refractivity (Wildman–Crippen MR) is 114 cm³/mol. The fourth-order valence-corrected chi connectivity index (χ4v) is 3.81. The first-order valence-corrected chi connectivity index (χ1v) is 9.88. The monoisotopic (exact) mass is 404 g/mol. The van der Waals surface area contributed by atoms with Gasteiger partial charge in [-0.05, 0) is 12.1 Å². The number of aromatic nitrogens is 1. The predicted octanol–water partition coefficient (Wildman–Crippen LogP) is 3.50. The molecule has 0 bridgehead atoms. The number of hydrogen-bond donors (Lipinski definition) is 1. The van der Waals surface area contributed by atoms with Crippen LogP contribution >= 0.6 is 0 Å². The van der Waals surface area contributed by atoms with Crippen molar-refractivity contribution >= 4 is 39.2 Å². The average molecular weight is 404 g/mol. The molecule has 1 aliphatic rings. The summed E-state index contributed by atoms with van der Waals surface area (Å²) in [5.74, 6) is 0.325. The van der Waals surface area contributed by atoms with Crippen LogP contribution in [0.3, 0.4) is 0 Å². The highest BCUT2D eigenvalue weighted by atomic mass is 16.5. The topological polar surface area (TPSA) is 78.1 Å². The number of morpholine rings is 1. The number of nitrogens with one attached hydrogen (secondary N) is 2. The molecule has 152 valence electrons. The van der Waals surface area contributed by atoms with Gasteiger partial charge in [-0.2, -0.15) is 0 Å². The maximum Gasteiger partial charge on any atom is 0.320 e. The zero-order valence-electron chi connectivity index (χ0n) is 16.6. The van der Waals surface area contributed by atoms with Crippen LogP contribution in [0.25, 0.3) is 21.9 Å². The number of rotatable bonds is 4. The summed E-state index contributed by atoms with van der Waals surface area (Å²) in [5, 5.41) is 4.90. The van der Waals surface area contributed by atoms with Crippen LogP contribution in [-0.2, 0) is 4.74 Å². The van der Waals surface area contributed by atoms with Crippen molar-refractivity contribution in [2.45, 2.75) is 0 Å². The summed E-state index contributed by atoms with van der Waals surface area (Å²) < 4.78 is 16.9. The highest BCUT2D eigenvalue weighted by Crippen LogP contribution is 2.36. The van der Waals surface area contributed by atoms with Crippen molar-refractivity contribution in [3.63, 3.8) is 0 Å². The molecule has 1 fully saturated rings. The first-order chi connectivity index (χ1) is 14.7. The van der Waals surface area contributed by atoms with Crippen molar-refractivity contribution < 1.29 is 23.7 Å². The second-order valence-corrected chi connectivity index (χ2v) is 7.16. The van der Waals surface area contributed by atoms with Gasteiger partial charge in [0.2, 0.25) is 0 Å². The summed E-state index contributed by atoms with van der Waals surface area (Å²) in [5.41, 5.74) is 3.50. The Kier molecular flexibility index (Phi) is 4.72. The molecule has 1 saturated heterocycles. The van der Waals surface area contributed by atoms with E-state index in [-0.39, 0.29) is 5.91 Å². The number of anilines is 2. The van der Waals surface area contributed by atoms with E-state index < -0.39 is 0 Å². The van der Waals surface area contributed by atoms with E-state index in [2.05, 4.69) is 15.2 Å². The Balaban J connectivity index is 1.46. The molecule has 7 heteroatoms. The van der Waals surface area contributed by atoms with Crippen LogP contribution in [0.4, 0.5) is 11.4 Å². The van der Waals surface area contributed by atoms with Gasteiger partial charge < -0.3 is 24.1 Å². The summed E-state index contributed by atoms with van der Waals surface area (Å²) in [4.78, 5) is 18.2. The van der Waals surface area contributed by atoms with Gasteiger partial charge in [0.1, 0.15) is 16.9 Å². The molecule has 2 N–H and O–H groups in total. The van der Waals surface area contributed by atoms with Crippen LogP contribution in [-0.4, -0.2) is 39.3 Å². The SMILES string of the molecule is COc1cc2c(cc1NC(=O)c1cc(N3CCOCC3)cc[nH+]1)oc1ccccc12. The van der Waals surface area contributed by atoms with Gasteiger partial charge in [0.15, 0.2) is 6.20 Å². The quantitative estimate of drug-likeness (QED) is 0.563. The number of nitrogens with zero attached hydrogens (tertiary/aromatic N) is 1. The Morgan fingerprint density at radius 3 is 2.73 bits per heavy atom. The standard InChI is InChI=1S/C23H21N3O4/c1-28-22-13-17-16-4-2-3-5-20(16)30-21(17)14-18(22)25-23(27)19-12-15(6-7-24-19)26-8-10-29-11-9-26/h2-7,12-14H,8-11H2,1H3,(H,25,27)/p+1. The van der Waals surface area contributed by atoms with Crippen molar-refractivity contribution in [2.75, 3.05) is 43.6 Å². The van der Waals surface area contributed by atoms with Gasteiger partial charge in [0.05, 0.1) is 26.0 Å². The average Bonchev–Trinajstić information content (AvgIpc) is 3.16. The maximum atomic E-state index is 13.0. The molecule has 0 unspecified atom stereocenters. The van der Waals surface area contributed by atoms with Crippen molar-refractivity contribution in [2.24, 2.45) is 0 Å². The number of aromatic amines is 1. The molecule has 1 aliphatic heterocycles. The number of carbonyl (C=O) groups excluding carboxylic acids is 1. The van der Waals surface area contributed by atoms with E-state index in [4.69, 9.17) is 13.9 Å². The number of fused-ring (bicyclic) bond motifs is 3. The minimum atomic E-state index is -0.251. The van der Waals surface area contributed by atoms with Gasteiger partial charge in [0.25, 0.3) is 5.69 Å². The summed E-state index contributed by atoms with van der Waals surface area (Å²) >= 11 is 0. The third-order valence-corrected chi connectivity index (χ3v) is 5.35. The van der Waals surface area contributed by atoms with E-state index in [0.717, 1.165) is 35.1 Å². The van der Waals surface area contributed by atoms with Crippen molar-refractivity contribution in [1.82, 2.24) is 0 Å². The second kappa shape index (κ2) is 7.68. The van der Waals surface area contributed by atoms with Crippen LogP contribution in [0.15, 0.2) is 59.1 Å². The highest BCUT2D eigenvalue weighted by Gasteiger charge is 2.20. The molecule has 7 nitrogen and oxygen atoms in total. The summed E-state index contributed by atoms with van der Waals surface area (Å²) in [6.07, 6.45) is 1.78. The number of hydrogen-bond acceptors (Lipinski definition) is 5. The summed E-state index contributed by atoms with van der Waals surface area (Å²) in [6.45, 7) is 2.99. The van der Waals surface area contributed by atoms with Crippen molar-refractivity contribution in [3.05, 3.63) is 60.4 Å². The molecular weight excluding hydrogens is 382 g/mol. The maximum absolute atomic E-state index is 13.0. The van der Waals surface area contributed by atoms with Crippen LogP contribution in [0.1, 0.15) is 10.5 Å². The van der Waals surface area contributed by atoms with Crippen LogP contribution in [0.5, 0.6) is 5.75 Å². The zero-order valence-corrected chi connectivity index (χ0v) is 16.6. The number of methoxy groups -OCH3 is 1. The fourth-order valence-electron chi connectivity index (χ4n) is 3.81. The number of benzene rings is 2. The van der Waals surface area contributed by atoms with Gasteiger partial charge in [-0.15, -0.1) is 0 Å². The van der Waals surface area contributed by atoms with Gasteiger partial charge in [-0.25, -0.2) is 4.98 Å². The van der Waals surface area contributed by atoms with E-state index in [1.54, 1.807) is 19.4 Å². The lowest BCUT2D eigenvalue weighted by Gasteiger charge is -2.28. The van der Waals surface area contributed by atoms with E-state index in [1.807, 2.05) is 42.5 Å². The Hall–Kier alpha value is -3.58. The first-order valence-electron chi connectivity index (χ1n) is 9.88. The lowest BCUT2D eigenvalue weighted by atomic mass is 10.1. The molecule has 2 aromatic carbocycles. The molecule has 0 radical (unpaired) electrons. The Morgan fingerprint density at radius 2 is 1.90 bits per heavy atom. The minimum absolute atomic E-state index is 0.251. The van der Waals surface area contributed by atoms with E-state index >= 15 is 0 Å². The Morgan fingerprint density at radius 1 is 1.07 bits per heavy atom. The number of amides is 1. The van der Waals surface area contributed by atoms with E-state index in [1.165, 1.54) is 0 Å². The molecule has 0 atom stereocenters. The van der Waals surface area contributed by atoms with Gasteiger partial charge in [-0.3, -0.25) is 4.79 Å². The molecule has 3 heterocycles. The minimum Gasteiger partial charge on any atom is -0.495 e. The largest absolute Gasteiger partial charge is 0.495 e.